The van der Waals surface area contributed by atoms with Gasteiger partial charge in [-0.05, 0) is 20.8 Å². The van der Waals surface area contributed by atoms with Crippen LogP contribution in [-0.2, 0) is 9.53 Å². The summed E-state index contributed by atoms with van der Waals surface area (Å²) in [7, 11) is 0. The Bertz CT molecular complexity index is 647. The molecule has 0 aliphatic rings. The van der Waals surface area contributed by atoms with Gasteiger partial charge in [0.1, 0.15) is 4.88 Å². The molecule has 1 N–H and O–H groups in total. The largest absolute Gasteiger partial charge is 0.451 e. The van der Waals surface area contributed by atoms with Crippen molar-refractivity contribution >= 4 is 29.1 Å². The predicted molar refractivity (Wildman–Crippen MR) is 71.7 cm³/mol. The first-order chi connectivity index (χ1) is 9.45. The Morgan fingerprint density at radius 1 is 1.40 bits per heavy atom. The monoisotopic (exact) mass is 295 g/mol. The summed E-state index contributed by atoms with van der Waals surface area (Å²) in [5.41, 5.74) is 1.25. The number of thiazole rings is 1. The summed E-state index contributed by atoms with van der Waals surface area (Å²) in [6.45, 7) is 4.86. The second-order valence-electron chi connectivity index (χ2n) is 4.10. The highest BCUT2D eigenvalue weighted by molar-refractivity contribution is 7.13. The number of hydrogen-bond acceptors (Lipinski definition) is 7. The van der Waals surface area contributed by atoms with E-state index < -0.39 is 18.5 Å². The highest BCUT2D eigenvalue weighted by Crippen LogP contribution is 2.18. The van der Waals surface area contributed by atoms with Gasteiger partial charge < -0.3 is 9.26 Å². The lowest BCUT2D eigenvalue weighted by atomic mass is 10.4. The van der Waals surface area contributed by atoms with Gasteiger partial charge in [-0.3, -0.25) is 10.1 Å². The molecule has 2 aromatic heterocycles. The molecule has 0 fully saturated rings. The van der Waals surface area contributed by atoms with Gasteiger partial charge in [0.05, 0.1) is 16.4 Å². The fourth-order valence-electron chi connectivity index (χ4n) is 1.51. The van der Waals surface area contributed by atoms with Crippen molar-refractivity contribution in [1.82, 2.24) is 10.1 Å². The van der Waals surface area contributed by atoms with Gasteiger partial charge in [-0.15, -0.1) is 11.3 Å². The molecule has 0 saturated heterocycles. The third-order valence-electron chi connectivity index (χ3n) is 2.31. The summed E-state index contributed by atoms with van der Waals surface area (Å²) in [4.78, 5) is 27.9. The number of nitrogens with zero attached hydrogens (tertiary/aromatic N) is 2. The summed E-state index contributed by atoms with van der Waals surface area (Å²) < 4.78 is 9.74. The van der Waals surface area contributed by atoms with E-state index in [9.17, 15) is 9.59 Å². The van der Waals surface area contributed by atoms with E-state index in [2.05, 4.69) is 15.5 Å². The molecular weight excluding hydrogens is 282 g/mol. The standard InChI is InChI=1S/C12H13N3O4S/c1-6-4-10(19-15-6)14-9(16)5-18-12(17)11-7(2)13-8(3)20-11/h4H,5H2,1-3H3,(H,14,16). The van der Waals surface area contributed by atoms with Crippen LogP contribution in [0.4, 0.5) is 5.88 Å². The number of rotatable bonds is 4. The molecule has 2 heterocycles. The second kappa shape index (κ2) is 5.83. The van der Waals surface area contributed by atoms with Crippen LogP contribution in [-0.4, -0.2) is 28.6 Å². The Hall–Kier alpha value is -2.22. The van der Waals surface area contributed by atoms with Crippen molar-refractivity contribution in [2.45, 2.75) is 20.8 Å². The number of esters is 1. The number of ether oxygens (including phenoxy) is 1. The average molecular weight is 295 g/mol. The molecule has 0 aliphatic heterocycles. The van der Waals surface area contributed by atoms with Crippen molar-refractivity contribution in [3.8, 4) is 0 Å². The van der Waals surface area contributed by atoms with Crippen LogP contribution in [0.1, 0.15) is 26.1 Å². The molecule has 0 spiro atoms. The number of anilines is 1. The van der Waals surface area contributed by atoms with E-state index in [1.54, 1.807) is 26.8 Å². The number of amides is 1. The minimum Gasteiger partial charge on any atom is -0.451 e. The van der Waals surface area contributed by atoms with Gasteiger partial charge in [0, 0.05) is 6.07 Å². The van der Waals surface area contributed by atoms with E-state index >= 15 is 0 Å². The van der Waals surface area contributed by atoms with Crippen molar-refractivity contribution in [3.05, 3.63) is 27.3 Å². The molecule has 0 saturated carbocycles. The molecule has 0 aromatic carbocycles. The van der Waals surface area contributed by atoms with Crippen LogP contribution in [0.25, 0.3) is 0 Å². The minimum atomic E-state index is -0.558. The molecule has 8 heteroatoms. The fraction of sp³-hybridized carbons (Fsp3) is 0.333. The highest BCUT2D eigenvalue weighted by atomic mass is 32.1. The molecule has 0 bridgehead atoms. The quantitative estimate of drug-likeness (QED) is 0.865. The third-order valence-corrected chi connectivity index (χ3v) is 3.37. The highest BCUT2D eigenvalue weighted by Gasteiger charge is 2.17. The molecule has 1 amide bonds. The van der Waals surface area contributed by atoms with Crippen LogP contribution in [0, 0.1) is 20.8 Å². The molecular formula is C12H13N3O4S. The van der Waals surface area contributed by atoms with Crippen LogP contribution >= 0.6 is 11.3 Å². The first-order valence-corrected chi connectivity index (χ1v) is 6.61. The zero-order valence-corrected chi connectivity index (χ0v) is 12.0. The van der Waals surface area contributed by atoms with Gasteiger partial charge in [0.2, 0.25) is 5.88 Å². The van der Waals surface area contributed by atoms with Gasteiger partial charge in [0.15, 0.2) is 6.61 Å². The Morgan fingerprint density at radius 3 is 2.70 bits per heavy atom. The summed E-state index contributed by atoms with van der Waals surface area (Å²) in [5, 5.41) is 6.83. The van der Waals surface area contributed by atoms with Crippen molar-refractivity contribution < 1.29 is 18.8 Å². The number of aryl methyl sites for hydroxylation is 3. The van der Waals surface area contributed by atoms with Crippen LogP contribution in [0.3, 0.4) is 0 Å². The van der Waals surface area contributed by atoms with Crippen LogP contribution in [0.15, 0.2) is 10.6 Å². The van der Waals surface area contributed by atoms with E-state index in [-0.39, 0.29) is 5.88 Å². The van der Waals surface area contributed by atoms with Crippen LogP contribution in [0.5, 0.6) is 0 Å². The first-order valence-electron chi connectivity index (χ1n) is 5.80. The lowest BCUT2D eigenvalue weighted by molar-refractivity contribution is -0.119. The molecule has 0 aliphatic carbocycles. The summed E-state index contributed by atoms with van der Waals surface area (Å²) in [5.74, 6) is -0.834. The average Bonchev–Trinajstić information content (AvgIpc) is 2.92. The Labute approximate surface area is 118 Å². The lowest BCUT2D eigenvalue weighted by Crippen LogP contribution is -2.20. The molecule has 2 rings (SSSR count). The zero-order chi connectivity index (χ0) is 14.7. The molecule has 0 unspecified atom stereocenters. The number of carbonyl (C=O) groups is 2. The molecule has 20 heavy (non-hydrogen) atoms. The van der Waals surface area contributed by atoms with E-state index in [4.69, 9.17) is 9.26 Å². The normalized spacial score (nSPS) is 10.3. The maximum Gasteiger partial charge on any atom is 0.350 e. The summed E-state index contributed by atoms with van der Waals surface area (Å²) >= 11 is 1.24. The maximum atomic E-state index is 11.8. The smallest absolute Gasteiger partial charge is 0.350 e. The van der Waals surface area contributed by atoms with Gasteiger partial charge >= 0.3 is 5.97 Å². The SMILES string of the molecule is Cc1cc(NC(=O)COC(=O)c2sc(C)nc2C)on1. The van der Waals surface area contributed by atoms with Gasteiger partial charge in [-0.25, -0.2) is 9.78 Å². The fourth-order valence-corrected chi connectivity index (χ4v) is 2.33. The summed E-state index contributed by atoms with van der Waals surface area (Å²) in [6.07, 6.45) is 0. The van der Waals surface area contributed by atoms with E-state index in [0.29, 0.717) is 16.3 Å². The molecule has 2 aromatic rings. The third kappa shape index (κ3) is 3.41. The second-order valence-corrected chi connectivity index (χ2v) is 5.31. The number of aromatic nitrogens is 2. The van der Waals surface area contributed by atoms with E-state index in [1.165, 1.54) is 11.3 Å². The minimum absolute atomic E-state index is 0.216. The van der Waals surface area contributed by atoms with E-state index in [1.807, 2.05) is 0 Å². The van der Waals surface area contributed by atoms with Crippen molar-refractivity contribution in [1.29, 1.82) is 0 Å². The Morgan fingerprint density at radius 2 is 2.15 bits per heavy atom. The topological polar surface area (TPSA) is 94.3 Å². The summed E-state index contributed by atoms with van der Waals surface area (Å²) in [6, 6.07) is 1.57. The van der Waals surface area contributed by atoms with Gasteiger partial charge in [-0.1, -0.05) is 5.16 Å². The lowest BCUT2D eigenvalue weighted by Gasteiger charge is -2.03. The number of nitrogens with one attached hydrogen (secondary N) is 1. The molecule has 7 nitrogen and oxygen atoms in total. The van der Waals surface area contributed by atoms with Gasteiger partial charge in [0.25, 0.3) is 5.91 Å². The Balaban J connectivity index is 1.87. The van der Waals surface area contributed by atoms with Crippen molar-refractivity contribution in [2.24, 2.45) is 0 Å². The van der Waals surface area contributed by atoms with Crippen LogP contribution in [0.2, 0.25) is 0 Å². The van der Waals surface area contributed by atoms with Crippen molar-refractivity contribution in [3.63, 3.8) is 0 Å². The number of hydrogen-bond donors (Lipinski definition) is 1. The zero-order valence-electron chi connectivity index (χ0n) is 11.2. The predicted octanol–water partition coefficient (Wildman–Crippen LogP) is 1.85. The molecule has 106 valence electrons. The molecule has 0 radical (unpaired) electrons. The van der Waals surface area contributed by atoms with Gasteiger partial charge in [-0.2, -0.15) is 0 Å². The van der Waals surface area contributed by atoms with Crippen molar-refractivity contribution in [2.75, 3.05) is 11.9 Å². The Kier molecular flexibility index (Phi) is 4.14. The van der Waals surface area contributed by atoms with Crippen LogP contribution < -0.4 is 5.32 Å². The van der Waals surface area contributed by atoms with E-state index in [0.717, 1.165) is 5.01 Å². The number of carbonyl (C=O) groups excluding carboxylic acids is 2. The molecule has 0 atom stereocenters. The maximum absolute atomic E-state index is 11.8. The first kappa shape index (κ1) is 14.2.